The molecule has 3 heteroatoms. The fourth-order valence-electron chi connectivity index (χ4n) is 2.46. The highest BCUT2D eigenvalue weighted by atomic mass is 16.1. The average Bonchev–Trinajstić information content (AvgIpc) is 2.37. The summed E-state index contributed by atoms with van der Waals surface area (Å²) >= 11 is 0. The molecule has 0 saturated carbocycles. The van der Waals surface area contributed by atoms with Gasteiger partial charge in [0.25, 0.3) is 0 Å². The first-order chi connectivity index (χ1) is 9.06. The number of Topliss-reactive ketones (excluding diaryl/α,β-unsaturated/α-hetero) is 1. The molecule has 0 bridgehead atoms. The molecule has 0 aliphatic heterocycles. The minimum Gasteiger partial charge on any atom is -0.294 e. The number of benzene rings is 1. The van der Waals surface area contributed by atoms with Crippen LogP contribution < -0.4 is 0 Å². The van der Waals surface area contributed by atoms with Gasteiger partial charge in [-0.3, -0.25) is 14.8 Å². The van der Waals surface area contributed by atoms with E-state index >= 15 is 0 Å². The van der Waals surface area contributed by atoms with Crippen LogP contribution >= 0.6 is 0 Å². The van der Waals surface area contributed by atoms with Gasteiger partial charge in [0.15, 0.2) is 5.78 Å². The third-order valence-corrected chi connectivity index (χ3v) is 3.20. The summed E-state index contributed by atoms with van der Waals surface area (Å²) in [6.45, 7) is 6.51. The molecule has 0 aliphatic rings. The third kappa shape index (κ3) is 3.60. The van der Waals surface area contributed by atoms with E-state index in [0.29, 0.717) is 18.3 Å². The first-order valence-corrected chi connectivity index (χ1v) is 6.80. The van der Waals surface area contributed by atoms with Gasteiger partial charge in [0.05, 0.1) is 11.0 Å². The number of hydrogen-bond donors (Lipinski definition) is 0. The van der Waals surface area contributed by atoms with Crippen molar-refractivity contribution in [1.29, 1.82) is 0 Å². The van der Waals surface area contributed by atoms with Gasteiger partial charge in [-0.25, -0.2) is 0 Å². The molecule has 100 valence electrons. The minimum atomic E-state index is 0.195. The monoisotopic (exact) mass is 256 g/mol. The summed E-state index contributed by atoms with van der Waals surface area (Å²) in [5.74, 6) is 1.25. The van der Waals surface area contributed by atoms with Crippen LogP contribution in [-0.4, -0.2) is 15.8 Å². The van der Waals surface area contributed by atoms with Crippen molar-refractivity contribution in [2.45, 2.75) is 33.6 Å². The topological polar surface area (TPSA) is 42.9 Å². The van der Waals surface area contributed by atoms with E-state index in [2.05, 4.69) is 30.7 Å². The number of fused-ring (bicyclic) bond motifs is 1. The van der Waals surface area contributed by atoms with Crippen LogP contribution in [0.3, 0.4) is 0 Å². The molecular weight excluding hydrogens is 236 g/mol. The molecule has 1 aromatic carbocycles. The molecule has 0 aliphatic carbocycles. The number of carbonyl (C=O) groups is 1. The summed E-state index contributed by atoms with van der Waals surface area (Å²) in [7, 11) is 0. The van der Waals surface area contributed by atoms with Gasteiger partial charge in [-0.1, -0.05) is 20.8 Å². The van der Waals surface area contributed by atoms with Crippen molar-refractivity contribution in [2.75, 3.05) is 0 Å². The lowest BCUT2D eigenvalue weighted by Gasteiger charge is -2.13. The SMILES string of the molecule is CC(C)CC(C)CC(=O)c1ccc2nccnc2c1. The lowest BCUT2D eigenvalue weighted by Crippen LogP contribution is -2.08. The summed E-state index contributed by atoms with van der Waals surface area (Å²) in [5.41, 5.74) is 2.35. The molecular formula is C16H20N2O. The fourth-order valence-corrected chi connectivity index (χ4v) is 2.46. The second kappa shape index (κ2) is 5.91. The maximum absolute atomic E-state index is 12.2. The number of rotatable bonds is 5. The second-order valence-electron chi connectivity index (χ2n) is 5.62. The van der Waals surface area contributed by atoms with Gasteiger partial charge in [-0.15, -0.1) is 0 Å². The quantitative estimate of drug-likeness (QED) is 0.762. The zero-order valence-electron chi connectivity index (χ0n) is 11.8. The lowest BCUT2D eigenvalue weighted by atomic mass is 9.92. The van der Waals surface area contributed by atoms with Gasteiger partial charge >= 0.3 is 0 Å². The Morgan fingerprint density at radius 2 is 1.79 bits per heavy atom. The van der Waals surface area contributed by atoms with E-state index in [1.165, 1.54) is 0 Å². The van der Waals surface area contributed by atoms with Crippen molar-refractivity contribution in [3.05, 3.63) is 36.2 Å². The van der Waals surface area contributed by atoms with E-state index in [-0.39, 0.29) is 5.78 Å². The van der Waals surface area contributed by atoms with Crippen LogP contribution in [0.1, 0.15) is 44.0 Å². The minimum absolute atomic E-state index is 0.195. The number of ketones is 1. The highest BCUT2D eigenvalue weighted by molar-refractivity contribution is 5.98. The van der Waals surface area contributed by atoms with E-state index in [9.17, 15) is 4.79 Å². The molecule has 0 amide bonds. The van der Waals surface area contributed by atoms with Crippen LogP contribution in [0.25, 0.3) is 11.0 Å². The Balaban J connectivity index is 2.13. The summed E-state index contributed by atoms with van der Waals surface area (Å²) in [4.78, 5) is 20.7. The standard InChI is InChI=1S/C16H20N2O/c1-11(2)8-12(3)9-16(19)13-4-5-14-15(10-13)18-7-6-17-14/h4-7,10-12H,8-9H2,1-3H3. The van der Waals surface area contributed by atoms with E-state index in [1.807, 2.05) is 18.2 Å². The van der Waals surface area contributed by atoms with Crippen molar-refractivity contribution >= 4 is 16.8 Å². The van der Waals surface area contributed by atoms with Crippen molar-refractivity contribution in [3.8, 4) is 0 Å². The van der Waals surface area contributed by atoms with Gasteiger partial charge in [0.2, 0.25) is 0 Å². The zero-order valence-corrected chi connectivity index (χ0v) is 11.8. The Morgan fingerprint density at radius 1 is 1.11 bits per heavy atom. The van der Waals surface area contributed by atoms with Crippen molar-refractivity contribution in [3.63, 3.8) is 0 Å². The predicted octanol–water partition coefficient (Wildman–Crippen LogP) is 3.88. The molecule has 0 N–H and O–H groups in total. The van der Waals surface area contributed by atoms with E-state index < -0.39 is 0 Å². The molecule has 1 heterocycles. The van der Waals surface area contributed by atoms with Crippen LogP contribution in [-0.2, 0) is 0 Å². The fraction of sp³-hybridized carbons (Fsp3) is 0.438. The van der Waals surface area contributed by atoms with Crippen molar-refractivity contribution < 1.29 is 4.79 Å². The molecule has 2 aromatic rings. The zero-order chi connectivity index (χ0) is 13.8. The third-order valence-electron chi connectivity index (χ3n) is 3.20. The summed E-state index contributed by atoms with van der Waals surface area (Å²) in [5, 5.41) is 0. The Bertz CT molecular complexity index is 578. The highest BCUT2D eigenvalue weighted by Gasteiger charge is 2.13. The molecule has 19 heavy (non-hydrogen) atoms. The number of aromatic nitrogens is 2. The molecule has 1 unspecified atom stereocenters. The molecule has 2 rings (SSSR count). The average molecular weight is 256 g/mol. The van der Waals surface area contributed by atoms with Gasteiger partial charge in [0, 0.05) is 24.4 Å². The Labute approximate surface area is 114 Å². The first kappa shape index (κ1) is 13.7. The van der Waals surface area contributed by atoms with E-state index in [1.54, 1.807) is 12.4 Å². The van der Waals surface area contributed by atoms with Crippen LogP contribution in [0.4, 0.5) is 0 Å². The second-order valence-corrected chi connectivity index (χ2v) is 5.62. The Morgan fingerprint density at radius 3 is 2.47 bits per heavy atom. The molecule has 1 atom stereocenters. The highest BCUT2D eigenvalue weighted by Crippen LogP contribution is 2.19. The Hall–Kier alpha value is -1.77. The molecule has 3 nitrogen and oxygen atoms in total. The summed E-state index contributed by atoms with van der Waals surface area (Å²) in [6, 6.07) is 5.55. The molecule has 0 fully saturated rings. The summed E-state index contributed by atoms with van der Waals surface area (Å²) in [6.07, 6.45) is 5.00. The number of nitrogens with zero attached hydrogens (tertiary/aromatic N) is 2. The van der Waals surface area contributed by atoms with Gasteiger partial charge in [-0.05, 0) is 36.5 Å². The number of carbonyl (C=O) groups excluding carboxylic acids is 1. The molecule has 0 saturated heterocycles. The van der Waals surface area contributed by atoms with Crippen LogP contribution in [0, 0.1) is 11.8 Å². The predicted molar refractivity (Wildman–Crippen MR) is 77.1 cm³/mol. The smallest absolute Gasteiger partial charge is 0.163 e. The van der Waals surface area contributed by atoms with Crippen LogP contribution in [0.2, 0.25) is 0 Å². The Kier molecular flexibility index (Phi) is 4.25. The van der Waals surface area contributed by atoms with E-state index in [4.69, 9.17) is 0 Å². The van der Waals surface area contributed by atoms with Gasteiger partial charge < -0.3 is 0 Å². The molecule has 0 spiro atoms. The van der Waals surface area contributed by atoms with E-state index in [0.717, 1.165) is 23.0 Å². The van der Waals surface area contributed by atoms with Crippen LogP contribution in [0.15, 0.2) is 30.6 Å². The van der Waals surface area contributed by atoms with Crippen LogP contribution in [0.5, 0.6) is 0 Å². The summed E-state index contributed by atoms with van der Waals surface area (Å²) < 4.78 is 0. The van der Waals surface area contributed by atoms with Gasteiger partial charge in [0.1, 0.15) is 0 Å². The lowest BCUT2D eigenvalue weighted by molar-refractivity contribution is 0.0960. The van der Waals surface area contributed by atoms with Gasteiger partial charge in [-0.2, -0.15) is 0 Å². The number of hydrogen-bond acceptors (Lipinski definition) is 3. The maximum Gasteiger partial charge on any atom is 0.163 e. The maximum atomic E-state index is 12.2. The largest absolute Gasteiger partial charge is 0.294 e. The molecule has 1 aromatic heterocycles. The first-order valence-electron chi connectivity index (χ1n) is 6.80. The normalized spacial score (nSPS) is 12.8. The van der Waals surface area contributed by atoms with Crippen molar-refractivity contribution in [1.82, 2.24) is 9.97 Å². The molecule has 0 radical (unpaired) electrons. The van der Waals surface area contributed by atoms with Crippen molar-refractivity contribution in [2.24, 2.45) is 11.8 Å².